The first-order valence-corrected chi connectivity index (χ1v) is 7.65. The smallest absolute Gasteiger partial charge is 0.321 e. The zero-order chi connectivity index (χ0) is 15.4. The lowest BCUT2D eigenvalue weighted by Gasteiger charge is -2.36. The predicted molar refractivity (Wildman–Crippen MR) is 82.0 cm³/mol. The van der Waals surface area contributed by atoms with Crippen LogP contribution in [0.2, 0.25) is 0 Å². The van der Waals surface area contributed by atoms with Crippen molar-refractivity contribution in [3.63, 3.8) is 0 Å². The lowest BCUT2D eigenvalue weighted by atomic mass is 9.91. The van der Waals surface area contributed by atoms with Gasteiger partial charge in [-0.3, -0.25) is 14.5 Å². The van der Waals surface area contributed by atoms with E-state index in [9.17, 15) is 14.7 Å². The van der Waals surface area contributed by atoms with Crippen molar-refractivity contribution >= 4 is 33.6 Å². The van der Waals surface area contributed by atoms with Gasteiger partial charge in [-0.25, -0.2) is 4.98 Å². The van der Waals surface area contributed by atoms with E-state index in [0.29, 0.717) is 12.4 Å². The molecule has 0 radical (unpaired) electrons. The Hall–Kier alpha value is -1.47. The number of hydrogen-bond acceptors (Lipinski definition) is 4. The van der Waals surface area contributed by atoms with Crippen molar-refractivity contribution in [2.75, 3.05) is 18.4 Å². The molecule has 0 aromatic carbocycles. The van der Waals surface area contributed by atoms with Gasteiger partial charge in [0.25, 0.3) is 0 Å². The normalized spacial score (nSPS) is 22.8. The number of carboxylic acid groups (broad SMARTS) is 1. The first-order valence-electron chi connectivity index (χ1n) is 6.85. The highest BCUT2D eigenvalue weighted by atomic mass is 79.9. The summed E-state index contributed by atoms with van der Waals surface area (Å²) < 4.78 is 0.830. The maximum Gasteiger partial charge on any atom is 0.321 e. The quantitative estimate of drug-likeness (QED) is 0.862. The van der Waals surface area contributed by atoms with Gasteiger partial charge in [-0.1, -0.05) is 6.92 Å². The molecule has 7 heteroatoms. The van der Waals surface area contributed by atoms with Crippen LogP contribution in [0, 0.1) is 5.92 Å². The summed E-state index contributed by atoms with van der Waals surface area (Å²) in [6, 6.07) is 2.88. The van der Waals surface area contributed by atoms with Gasteiger partial charge in [0.05, 0.1) is 6.54 Å². The predicted octanol–water partition coefficient (Wildman–Crippen LogP) is 1.97. The minimum atomic E-state index is -0.864. The molecule has 1 saturated heterocycles. The third-order valence-corrected chi connectivity index (χ3v) is 4.10. The fourth-order valence-electron chi connectivity index (χ4n) is 2.67. The number of halogens is 1. The van der Waals surface area contributed by atoms with Crippen molar-refractivity contribution in [3.8, 4) is 0 Å². The molecule has 0 saturated carbocycles. The number of amides is 1. The minimum Gasteiger partial charge on any atom is -0.480 e. The van der Waals surface area contributed by atoms with Gasteiger partial charge in [0, 0.05) is 10.7 Å². The number of hydrogen-bond donors (Lipinski definition) is 2. The summed E-state index contributed by atoms with van der Waals surface area (Å²) in [6.07, 6.45) is 3.39. The van der Waals surface area contributed by atoms with Crippen LogP contribution in [-0.4, -0.2) is 46.0 Å². The molecule has 1 aliphatic rings. The first kappa shape index (κ1) is 15.9. The molecular weight excluding hydrogens is 338 g/mol. The molecule has 1 amide bonds. The average molecular weight is 356 g/mol. The molecule has 1 aromatic heterocycles. The number of aromatic nitrogens is 1. The third-order valence-electron chi connectivity index (χ3n) is 3.63. The first-order chi connectivity index (χ1) is 9.97. The Morgan fingerprint density at radius 3 is 2.90 bits per heavy atom. The Labute approximate surface area is 131 Å². The van der Waals surface area contributed by atoms with Gasteiger partial charge in [0.2, 0.25) is 5.91 Å². The number of rotatable bonds is 4. The van der Waals surface area contributed by atoms with E-state index in [1.807, 2.05) is 6.92 Å². The lowest BCUT2D eigenvalue weighted by Crippen LogP contribution is -2.51. The summed E-state index contributed by atoms with van der Waals surface area (Å²) in [5.74, 6) is -0.600. The molecular formula is C14H18BrN3O3. The Balaban J connectivity index is 1.97. The monoisotopic (exact) mass is 355 g/mol. The summed E-state index contributed by atoms with van der Waals surface area (Å²) in [5.41, 5.74) is 0. The van der Waals surface area contributed by atoms with E-state index in [2.05, 4.69) is 26.2 Å². The SMILES string of the molecule is CC1CCCN(CC(=O)Nc2ccc(Br)cn2)C1C(=O)O. The highest BCUT2D eigenvalue weighted by molar-refractivity contribution is 9.10. The second-order valence-electron chi connectivity index (χ2n) is 5.28. The largest absolute Gasteiger partial charge is 0.480 e. The number of nitrogens with zero attached hydrogens (tertiary/aromatic N) is 2. The number of anilines is 1. The maximum atomic E-state index is 12.0. The highest BCUT2D eigenvalue weighted by Crippen LogP contribution is 2.23. The standard InChI is InChI=1S/C14H18BrN3O3/c1-9-3-2-6-18(13(9)14(20)21)8-12(19)17-11-5-4-10(15)7-16-11/h4-5,7,9,13H,2-3,6,8H2,1H3,(H,20,21)(H,16,17,19). The van der Waals surface area contributed by atoms with Crippen molar-refractivity contribution in [3.05, 3.63) is 22.8 Å². The van der Waals surface area contributed by atoms with Gasteiger partial charge in [-0.2, -0.15) is 0 Å². The number of likely N-dealkylation sites (tertiary alicyclic amines) is 1. The topological polar surface area (TPSA) is 82.5 Å². The van der Waals surface area contributed by atoms with E-state index >= 15 is 0 Å². The molecule has 21 heavy (non-hydrogen) atoms. The molecule has 2 atom stereocenters. The van der Waals surface area contributed by atoms with E-state index in [1.54, 1.807) is 23.2 Å². The van der Waals surface area contributed by atoms with E-state index < -0.39 is 12.0 Å². The van der Waals surface area contributed by atoms with Crippen LogP contribution in [0.4, 0.5) is 5.82 Å². The van der Waals surface area contributed by atoms with Crippen LogP contribution in [0.15, 0.2) is 22.8 Å². The van der Waals surface area contributed by atoms with E-state index in [4.69, 9.17) is 0 Å². The number of nitrogens with one attached hydrogen (secondary N) is 1. The van der Waals surface area contributed by atoms with Crippen molar-refractivity contribution in [2.45, 2.75) is 25.8 Å². The molecule has 1 aromatic rings. The van der Waals surface area contributed by atoms with Crippen LogP contribution < -0.4 is 5.32 Å². The number of pyridine rings is 1. The molecule has 0 spiro atoms. The second kappa shape index (κ2) is 7.00. The fraction of sp³-hybridized carbons (Fsp3) is 0.500. The van der Waals surface area contributed by atoms with E-state index in [1.165, 1.54) is 0 Å². The number of carboxylic acids is 1. The second-order valence-corrected chi connectivity index (χ2v) is 6.20. The van der Waals surface area contributed by atoms with Gasteiger partial charge in [-0.05, 0) is 53.4 Å². The van der Waals surface area contributed by atoms with Crippen LogP contribution in [-0.2, 0) is 9.59 Å². The molecule has 2 heterocycles. The van der Waals surface area contributed by atoms with Gasteiger partial charge >= 0.3 is 5.97 Å². The number of carbonyl (C=O) groups is 2. The Morgan fingerprint density at radius 1 is 1.52 bits per heavy atom. The highest BCUT2D eigenvalue weighted by Gasteiger charge is 2.34. The molecule has 0 aliphatic carbocycles. The molecule has 1 fully saturated rings. The van der Waals surface area contributed by atoms with Gasteiger partial charge in [0.15, 0.2) is 0 Å². The minimum absolute atomic E-state index is 0.0508. The molecule has 2 N–H and O–H groups in total. The zero-order valence-electron chi connectivity index (χ0n) is 11.8. The van der Waals surface area contributed by atoms with E-state index in [-0.39, 0.29) is 18.4 Å². The summed E-state index contributed by atoms with van der Waals surface area (Å²) in [4.78, 5) is 29.2. The van der Waals surface area contributed by atoms with Gasteiger partial charge < -0.3 is 10.4 Å². The summed E-state index contributed by atoms with van der Waals surface area (Å²) >= 11 is 3.27. The molecule has 1 aliphatic heterocycles. The van der Waals surface area contributed by atoms with E-state index in [0.717, 1.165) is 17.3 Å². The third kappa shape index (κ3) is 4.25. The molecule has 114 valence electrons. The molecule has 0 bridgehead atoms. The average Bonchev–Trinajstić information content (AvgIpc) is 2.41. The lowest BCUT2D eigenvalue weighted by molar-refractivity contribution is -0.147. The van der Waals surface area contributed by atoms with Crippen molar-refractivity contribution in [2.24, 2.45) is 5.92 Å². The zero-order valence-corrected chi connectivity index (χ0v) is 13.3. The van der Waals surface area contributed by atoms with Crippen LogP contribution >= 0.6 is 15.9 Å². The number of piperidine rings is 1. The molecule has 6 nitrogen and oxygen atoms in total. The summed E-state index contributed by atoms with van der Waals surface area (Å²) in [6.45, 7) is 2.61. The maximum absolute atomic E-state index is 12.0. The number of carbonyl (C=O) groups excluding carboxylic acids is 1. The Kier molecular flexibility index (Phi) is 5.30. The Bertz CT molecular complexity index is 521. The van der Waals surface area contributed by atoms with Crippen LogP contribution in [0.1, 0.15) is 19.8 Å². The van der Waals surface area contributed by atoms with Crippen molar-refractivity contribution in [1.29, 1.82) is 0 Å². The van der Waals surface area contributed by atoms with Crippen LogP contribution in [0.5, 0.6) is 0 Å². The van der Waals surface area contributed by atoms with Gasteiger partial charge in [0.1, 0.15) is 11.9 Å². The van der Waals surface area contributed by atoms with Crippen LogP contribution in [0.25, 0.3) is 0 Å². The molecule has 2 unspecified atom stereocenters. The number of aliphatic carboxylic acids is 1. The van der Waals surface area contributed by atoms with Crippen molar-refractivity contribution < 1.29 is 14.7 Å². The summed E-state index contributed by atoms with van der Waals surface area (Å²) in [5, 5.41) is 12.0. The van der Waals surface area contributed by atoms with Gasteiger partial charge in [-0.15, -0.1) is 0 Å². The Morgan fingerprint density at radius 2 is 2.29 bits per heavy atom. The summed E-state index contributed by atoms with van der Waals surface area (Å²) in [7, 11) is 0. The molecule has 2 rings (SSSR count). The fourth-order valence-corrected chi connectivity index (χ4v) is 2.90. The van der Waals surface area contributed by atoms with Crippen molar-refractivity contribution in [1.82, 2.24) is 9.88 Å². The van der Waals surface area contributed by atoms with Crippen LogP contribution in [0.3, 0.4) is 0 Å².